The molecule has 0 spiro atoms. The van der Waals surface area contributed by atoms with Crippen LogP contribution >= 0.6 is 23.2 Å². The van der Waals surface area contributed by atoms with E-state index in [1.807, 2.05) is 37.3 Å². The highest BCUT2D eigenvalue weighted by Crippen LogP contribution is 2.32. The van der Waals surface area contributed by atoms with Gasteiger partial charge in [-0.1, -0.05) is 29.3 Å². The molecule has 4 aromatic rings. The minimum absolute atomic E-state index is 0.371. The maximum absolute atomic E-state index is 6.29. The second-order valence-corrected chi connectivity index (χ2v) is 7.09. The summed E-state index contributed by atoms with van der Waals surface area (Å²) in [7, 11) is 0. The third-order valence-corrected chi connectivity index (χ3v) is 4.57. The third kappa shape index (κ3) is 3.78. The number of hydrogen-bond donors (Lipinski definition) is 3. The van der Waals surface area contributed by atoms with Gasteiger partial charge in [0.1, 0.15) is 12.0 Å². The molecule has 0 saturated carbocycles. The number of anilines is 5. The highest BCUT2D eigenvalue weighted by Gasteiger charge is 2.11. The van der Waals surface area contributed by atoms with E-state index in [4.69, 9.17) is 28.9 Å². The van der Waals surface area contributed by atoms with E-state index in [0.717, 1.165) is 22.3 Å². The number of hydrogen-bond acceptors (Lipinski definition) is 6. The van der Waals surface area contributed by atoms with E-state index in [0.29, 0.717) is 33.1 Å². The standard InChI is InChI=1S/C20H16Cl2N6/c1-11-5-6-15-16(26-11)3-2-4-17(15)28-20-18(23)19(24-10-25-20)27-14-8-12(21)7-13(22)9-14/h2-10H,23H2,1H3,(H2,24,25,27,28). The van der Waals surface area contributed by atoms with Crippen LogP contribution in [-0.2, 0) is 0 Å². The zero-order valence-corrected chi connectivity index (χ0v) is 16.4. The van der Waals surface area contributed by atoms with Gasteiger partial charge in [-0.25, -0.2) is 9.97 Å². The van der Waals surface area contributed by atoms with E-state index in [9.17, 15) is 0 Å². The Labute approximate surface area is 171 Å². The van der Waals surface area contributed by atoms with Gasteiger partial charge in [0.15, 0.2) is 11.6 Å². The number of nitrogens with two attached hydrogens (primary N) is 1. The lowest BCUT2D eigenvalue weighted by Gasteiger charge is -2.14. The van der Waals surface area contributed by atoms with E-state index in [2.05, 4.69) is 25.6 Å². The fraction of sp³-hybridized carbons (Fsp3) is 0.0500. The van der Waals surface area contributed by atoms with Crippen molar-refractivity contribution < 1.29 is 0 Å². The number of aryl methyl sites for hydroxylation is 1. The number of rotatable bonds is 4. The summed E-state index contributed by atoms with van der Waals surface area (Å²) in [5, 5.41) is 8.40. The van der Waals surface area contributed by atoms with E-state index in [1.165, 1.54) is 6.33 Å². The summed E-state index contributed by atoms with van der Waals surface area (Å²) in [6.45, 7) is 1.96. The molecule has 0 saturated heterocycles. The Balaban J connectivity index is 1.68. The Kier molecular flexibility index (Phi) is 4.90. The molecule has 0 aliphatic rings. The minimum atomic E-state index is 0.371. The quantitative estimate of drug-likeness (QED) is 0.399. The van der Waals surface area contributed by atoms with Gasteiger partial charge >= 0.3 is 0 Å². The Morgan fingerprint density at radius 3 is 2.36 bits per heavy atom. The van der Waals surface area contributed by atoms with Gasteiger partial charge in [-0.05, 0) is 49.4 Å². The fourth-order valence-electron chi connectivity index (χ4n) is 2.85. The van der Waals surface area contributed by atoms with E-state index < -0.39 is 0 Å². The number of halogens is 2. The first-order valence-corrected chi connectivity index (χ1v) is 9.22. The second-order valence-electron chi connectivity index (χ2n) is 6.22. The van der Waals surface area contributed by atoms with Crippen molar-refractivity contribution in [3.63, 3.8) is 0 Å². The Morgan fingerprint density at radius 1 is 0.893 bits per heavy atom. The van der Waals surface area contributed by atoms with Gasteiger partial charge in [-0.2, -0.15) is 0 Å². The number of benzene rings is 2. The van der Waals surface area contributed by atoms with Crippen LogP contribution in [0.15, 0.2) is 54.9 Å². The van der Waals surface area contributed by atoms with Crippen LogP contribution in [0.4, 0.5) is 28.7 Å². The molecule has 0 aliphatic carbocycles. The van der Waals surface area contributed by atoms with Crippen molar-refractivity contribution in [2.24, 2.45) is 0 Å². The zero-order valence-electron chi connectivity index (χ0n) is 14.9. The predicted octanol–water partition coefficient (Wildman–Crippen LogP) is 5.71. The first-order chi connectivity index (χ1) is 13.5. The highest BCUT2D eigenvalue weighted by atomic mass is 35.5. The van der Waals surface area contributed by atoms with Crippen LogP contribution in [0, 0.1) is 6.92 Å². The molecule has 8 heteroatoms. The summed E-state index contributed by atoms with van der Waals surface area (Å²) >= 11 is 12.1. The predicted molar refractivity (Wildman–Crippen MR) is 116 cm³/mol. The van der Waals surface area contributed by atoms with Crippen molar-refractivity contribution in [3.05, 3.63) is 70.6 Å². The molecule has 0 aliphatic heterocycles. The monoisotopic (exact) mass is 410 g/mol. The molecule has 28 heavy (non-hydrogen) atoms. The molecular weight excluding hydrogens is 395 g/mol. The average molecular weight is 411 g/mol. The number of pyridine rings is 1. The van der Waals surface area contributed by atoms with Crippen molar-refractivity contribution >= 4 is 62.8 Å². The molecule has 140 valence electrons. The third-order valence-electron chi connectivity index (χ3n) is 4.13. The zero-order chi connectivity index (χ0) is 19.7. The summed E-state index contributed by atoms with van der Waals surface area (Å²) < 4.78 is 0. The molecule has 0 unspecified atom stereocenters. The van der Waals surface area contributed by atoms with Crippen molar-refractivity contribution in [1.29, 1.82) is 0 Å². The van der Waals surface area contributed by atoms with Crippen LogP contribution in [0.5, 0.6) is 0 Å². The molecule has 0 fully saturated rings. The highest BCUT2D eigenvalue weighted by molar-refractivity contribution is 6.35. The number of nitrogens with one attached hydrogen (secondary N) is 2. The number of aromatic nitrogens is 3. The lowest BCUT2D eigenvalue weighted by Crippen LogP contribution is -2.05. The molecule has 0 radical (unpaired) electrons. The van der Waals surface area contributed by atoms with E-state index in [-0.39, 0.29) is 0 Å². The van der Waals surface area contributed by atoms with Gasteiger partial charge in [0.05, 0.1) is 5.52 Å². The van der Waals surface area contributed by atoms with Gasteiger partial charge in [-0.3, -0.25) is 4.98 Å². The van der Waals surface area contributed by atoms with Crippen LogP contribution in [0.1, 0.15) is 5.69 Å². The van der Waals surface area contributed by atoms with Crippen LogP contribution in [0.2, 0.25) is 10.0 Å². The summed E-state index contributed by atoms with van der Waals surface area (Å²) in [5.74, 6) is 0.934. The van der Waals surface area contributed by atoms with Crippen LogP contribution < -0.4 is 16.4 Å². The fourth-order valence-corrected chi connectivity index (χ4v) is 3.38. The van der Waals surface area contributed by atoms with E-state index in [1.54, 1.807) is 18.2 Å². The van der Waals surface area contributed by atoms with Gasteiger partial charge < -0.3 is 16.4 Å². The van der Waals surface area contributed by atoms with Gasteiger partial charge in [-0.15, -0.1) is 0 Å². The molecular formula is C20H16Cl2N6. The first kappa shape index (κ1) is 18.3. The van der Waals surface area contributed by atoms with Crippen molar-refractivity contribution in [2.75, 3.05) is 16.4 Å². The minimum Gasteiger partial charge on any atom is -0.393 e. The lowest BCUT2D eigenvalue weighted by atomic mass is 10.1. The molecule has 4 N–H and O–H groups in total. The Hall–Kier alpha value is -3.09. The van der Waals surface area contributed by atoms with Gasteiger partial charge in [0.25, 0.3) is 0 Å². The molecule has 4 rings (SSSR count). The molecule has 6 nitrogen and oxygen atoms in total. The smallest absolute Gasteiger partial charge is 0.159 e. The van der Waals surface area contributed by atoms with Gasteiger partial charge in [0, 0.05) is 32.5 Å². The lowest BCUT2D eigenvalue weighted by molar-refractivity contribution is 1.17. The van der Waals surface area contributed by atoms with Crippen molar-refractivity contribution in [1.82, 2.24) is 15.0 Å². The Bertz CT molecular complexity index is 1160. The molecule has 0 bridgehead atoms. The molecule has 2 aromatic carbocycles. The number of nitrogens with zero attached hydrogens (tertiary/aromatic N) is 3. The first-order valence-electron chi connectivity index (χ1n) is 8.46. The summed E-state index contributed by atoms with van der Waals surface area (Å²) in [5.41, 5.74) is 10.0. The van der Waals surface area contributed by atoms with E-state index >= 15 is 0 Å². The van der Waals surface area contributed by atoms with Crippen LogP contribution in [-0.4, -0.2) is 15.0 Å². The summed E-state index contributed by atoms with van der Waals surface area (Å²) in [6, 6.07) is 15.0. The SMILES string of the molecule is Cc1ccc2c(Nc3ncnc(Nc4cc(Cl)cc(Cl)c4)c3N)cccc2n1. The topological polar surface area (TPSA) is 88.8 Å². The van der Waals surface area contributed by atoms with Crippen LogP contribution in [0.3, 0.4) is 0 Å². The normalized spacial score (nSPS) is 10.8. The molecule has 2 aromatic heterocycles. The molecule has 0 atom stereocenters. The Morgan fingerprint density at radius 2 is 1.61 bits per heavy atom. The van der Waals surface area contributed by atoms with Crippen molar-refractivity contribution in [3.8, 4) is 0 Å². The van der Waals surface area contributed by atoms with Crippen molar-refractivity contribution in [2.45, 2.75) is 6.92 Å². The van der Waals surface area contributed by atoms with Crippen LogP contribution in [0.25, 0.3) is 10.9 Å². The maximum Gasteiger partial charge on any atom is 0.159 e. The largest absolute Gasteiger partial charge is 0.393 e. The maximum atomic E-state index is 6.29. The number of fused-ring (bicyclic) bond motifs is 1. The van der Waals surface area contributed by atoms with Gasteiger partial charge in [0.2, 0.25) is 0 Å². The average Bonchev–Trinajstić information content (AvgIpc) is 2.64. The second kappa shape index (κ2) is 7.50. The number of nitrogen functional groups attached to an aromatic ring is 1. The summed E-state index contributed by atoms with van der Waals surface area (Å²) in [6.07, 6.45) is 1.43. The molecule has 2 heterocycles. The molecule has 0 amide bonds. The summed E-state index contributed by atoms with van der Waals surface area (Å²) in [4.78, 5) is 13.0.